The molecule has 1 aliphatic heterocycles. The van der Waals surface area contributed by atoms with Gasteiger partial charge in [-0.05, 0) is 6.92 Å². The number of ether oxygens (including phenoxy) is 2. The van der Waals surface area contributed by atoms with Crippen LogP contribution in [0.1, 0.15) is 6.92 Å². The van der Waals surface area contributed by atoms with E-state index in [-0.39, 0.29) is 0 Å². The molecule has 1 aliphatic rings. The van der Waals surface area contributed by atoms with Crippen molar-refractivity contribution in [2.45, 2.75) is 37.6 Å². The molecule has 0 amide bonds. The lowest BCUT2D eigenvalue weighted by molar-refractivity contribution is -0.161. The van der Waals surface area contributed by atoms with E-state index in [1.54, 1.807) is 0 Å². The molecule has 12 heavy (non-hydrogen) atoms. The summed E-state index contributed by atoms with van der Waals surface area (Å²) in [6.45, 7) is 1.48. The van der Waals surface area contributed by atoms with E-state index in [0.29, 0.717) is 0 Å². The second-order valence-corrected chi connectivity index (χ2v) is 2.93. The molecule has 5 heteroatoms. The van der Waals surface area contributed by atoms with Crippen LogP contribution in [-0.4, -0.2) is 53.1 Å². The fourth-order valence-electron chi connectivity index (χ4n) is 1.27. The van der Waals surface area contributed by atoms with E-state index < -0.39 is 30.7 Å². The Morgan fingerprint density at radius 2 is 1.92 bits per heavy atom. The number of rotatable bonds is 2. The van der Waals surface area contributed by atoms with Crippen LogP contribution in [0.3, 0.4) is 0 Å². The second-order valence-electron chi connectivity index (χ2n) is 2.93. The molecule has 1 fully saturated rings. The van der Waals surface area contributed by atoms with Crippen molar-refractivity contribution in [1.82, 2.24) is 0 Å². The van der Waals surface area contributed by atoms with Crippen LogP contribution in [0.2, 0.25) is 0 Å². The van der Waals surface area contributed by atoms with Crippen molar-refractivity contribution in [3.63, 3.8) is 0 Å². The molecule has 0 aromatic heterocycles. The van der Waals surface area contributed by atoms with Crippen molar-refractivity contribution >= 4 is 0 Å². The lowest BCUT2D eigenvalue weighted by Crippen LogP contribution is -2.37. The molecule has 1 unspecified atom stereocenters. The Morgan fingerprint density at radius 3 is 2.17 bits per heavy atom. The second kappa shape index (κ2) is 3.68. The van der Waals surface area contributed by atoms with Gasteiger partial charge in [0.15, 0.2) is 6.29 Å². The molecule has 1 rings (SSSR count). The predicted molar refractivity (Wildman–Crippen MR) is 39.4 cm³/mol. The van der Waals surface area contributed by atoms with E-state index in [2.05, 4.69) is 0 Å². The molecule has 72 valence electrons. The Labute approximate surface area is 70.5 Å². The largest absolute Gasteiger partial charge is 0.391 e. The molecule has 5 nitrogen and oxygen atoms in total. The molecule has 0 radical (unpaired) electrons. The third-order valence-electron chi connectivity index (χ3n) is 1.96. The van der Waals surface area contributed by atoms with E-state index >= 15 is 0 Å². The quantitative estimate of drug-likeness (QED) is 0.477. The van der Waals surface area contributed by atoms with Gasteiger partial charge in [-0.15, -0.1) is 0 Å². The maximum Gasteiger partial charge on any atom is 0.186 e. The Bertz CT molecular complexity index is 149. The molecule has 0 saturated carbocycles. The standard InChI is InChI=1S/C7H14O5/c1-3(8)6-4(9)5(10)7(11-2)12-6/h3-10H,1-2H3/t3-,4-,5+,6-,7?/m1/s1. The lowest BCUT2D eigenvalue weighted by Gasteiger charge is -2.16. The molecular formula is C7H14O5. The van der Waals surface area contributed by atoms with Crippen molar-refractivity contribution in [3.05, 3.63) is 0 Å². The molecule has 3 N–H and O–H groups in total. The van der Waals surface area contributed by atoms with Gasteiger partial charge in [-0.3, -0.25) is 0 Å². The third kappa shape index (κ3) is 1.60. The van der Waals surface area contributed by atoms with E-state index in [4.69, 9.17) is 14.6 Å². The fourth-order valence-corrected chi connectivity index (χ4v) is 1.27. The van der Waals surface area contributed by atoms with Gasteiger partial charge in [0, 0.05) is 7.11 Å². The van der Waals surface area contributed by atoms with Crippen molar-refractivity contribution < 1.29 is 24.8 Å². The SMILES string of the molecule is COC1O[C@H]([C@@H](C)O)[C@H](O)[C@@H]1O. The molecule has 1 saturated heterocycles. The first-order chi connectivity index (χ1) is 5.57. The average molecular weight is 178 g/mol. The molecule has 0 aliphatic carbocycles. The lowest BCUT2D eigenvalue weighted by atomic mass is 10.1. The minimum atomic E-state index is -1.09. The summed E-state index contributed by atoms with van der Waals surface area (Å²) in [5.41, 5.74) is 0. The smallest absolute Gasteiger partial charge is 0.186 e. The van der Waals surface area contributed by atoms with Crippen LogP contribution < -0.4 is 0 Å². The molecule has 0 spiro atoms. The Balaban J connectivity index is 2.60. The highest BCUT2D eigenvalue weighted by Crippen LogP contribution is 2.23. The Morgan fingerprint density at radius 1 is 1.33 bits per heavy atom. The van der Waals surface area contributed by atoms with E-state index in [1.807, 2.05) is 0 Å². The molecule has 5 atom stereocenters. The molecule has 0 aromatic carbocycles. The van der Waals surface area contributed by atoms with E-state index in [0.717, 1.165) is 0 Å². The monoisotopic (exact) mass is 178 g/mol. The van der Waals surface area contributed by atoms with Crippen LogP contribution in [0.4, 0.5) is 0 Å². The van der Waals surface area contributed by atoms with Crippen LogP contribution >= 0.6 is 0 Å². The minimum Gasteiger partial charge on any atom is -0.391 e. The highest BCUT2D eigenvalue weighted by Gasteiger charge is 2.44. The summed E-state index contributed by atoms with van der Waals surface area (Å²) < 4.78 is 9.76. The predicted octanol–water partition coefficient (Wildman–Crippen LogP) is -1.54. The highest BCUT2D eigenvalue weighted by molar-refractivity contribution is 4.89. The van der Waals surface area contributed by atoms with Gasteiger partial charge in [0.1, 0.15) is 18.3 Å². The number of methoxy groups -OCH3 is 1. The first-order valence-corrected chi connectivity index (χ1v) is 3.80. The van der Waals surface area contributed by atoms with Gasteiger partial charge < -0.3 is 24.8 Å². The number of aliphatic hydroxyl groups is 3. The van der Waals surface area contributed by atoms with Gasteiger partial charge in [-0.25, -0.2) is 0 Å². The maximum atomic E-state index is 9.31. The Kier molecular flexibility index (Phi) is 3.03. The van der Waals surface area contributed by atoms with Crippen molar-refractivity contribution in [2.75, 3.05) is 7.11 Å². The van der Waals surface area contributed by atoms with Gasteiger partial charge in [0.25, 0.3) is 0 Å². The van der Waals surface area contributed by atoms with Gasteiger partial charge >= 0.3 is 0 Å². The number of aliphatic hydroxyl groups excluding tert-OH is 3. The summed E-state index contributed by atoms with van der Waals surface area (Å²) >= 11 is 0. The summed E-state index contributed by atoms with van der Waals surface area (Å²) in [7, 11) is 1.37. The first kappa shape index (κ1) is 9.88. The summed E-state index contributed by atoms with van der Waals surface area (Å²) in [6, 6.07) is 0. The van der Waals surface area contributed by atoms with Crippen LogP contribution in [-0.2, 0) is 9.47 Å². The zero-order chi connectivity index (χ0) is 9.30. The van der Waals surface area contributed by atoms with E-state index in [1.165, 1.54) is 14.0 Å². The highest BCUT2D eigenvalue weighted by atomic mass is 16.7. The summed E-state index contributed by atoms with van der Waals surface area (Å²) in [6.07, 6.45) is -4.62. The summed E-state index contributed by atoms with van der Waals surface area (Å²) in [5.74, 6) is 0. The van der Waals surface area contributed by atoms with Gasteiger partial charge in [0.2, 0.25) is 0 Å². The topological polar surface area (TPSA) is 79.2 Å². The maximum absolute atomic E-state index is 9.31. The normalized spacial score (nSPS) is 44.8. The number of hydrogen-bond donors (Lipinski definition) is 3. The molecule has 1 heterocycles. The molecule has 0 bridgehead atoms. The van der Waals surface area contributed by atoms with Crippen molar-refractivity contribution in [3.8, 4) is 0 Å². The van der Waals surface area contributed by atoms with Crippen LogP contribution in [0.5, 0.6) is 0 Å². The van der Waals surface area contributed by atoms with Crippen molar-refractivity contribution in [2.24, 2.45) is 0 Å². The van der Waals surface area contributed by atoms with Gasteiger partial charge in [0.05, 0.1) is 6.10 Å². The van der Waals surface area contributed by atoms with Crippen molar-refractivity contribution in [1.29, 1.82) is 0 Å². The van der Waals surface area contributed by atoms with Crippen LogP contribution in [0, 0.1) is 0 Å². The van der Waals surface area contributed by atoms with Crippen LogP contribution in [0.15, 0.2) is 0 Å². The minimum absolute atomic E-state index is 0.773. The number of hydrogen-bond acceptors (Lipinski definition) is 5. The first-order valence-electron chi connectivity index (χ1n) is 3.80. The Hall–Kier alpha value is -0.200. The van der Waals surface area contributed by atoms with E-state index in [9.17, 15) is 10.2 Å². The van der Waals surface area contributed by atoms with Gasteiger partial charge in [-0.2, -0.15) is 0 Å². The zero-order valence-electron chi connectivity index (χ0n) is 7.04. The molecule has 0 aromatic rings. The average Bonchev–Trinajstić information content (AvgIpc) is 2.30. The van der Waals surface area contributed by atoms with Crippen LogP contribution in [0.25, 0.3) is 0 Å². The fraction of sp³-hybridized carbons (Fsp3) is 1.00. The third-order valence-corrected chi connectivity index (χ3v) is 1.96. The summed E-state index contributed by atoms with van der Waals surface area (Å²) in [5, 5.41) is 27.7. The zero-order valence-corrected chi connectivity index (χ0v) is 7.04. The van der Waals surface area contributed by atoms with Gasteiger partial charge in [-0.1, -0.05) is 0 Å². The molecular weight excluding hydrogens is 164 g/mol. The summed E-state index contributed by atoms with van der Waals surface area (Å²) in [4.78, 5) is 0.